The summed E-state index contributed by atoms with van der Waals surface area (Å²) in [6, 6.07) is 9.39. The molecule has 0 radical (unpaired) electrons. The number of thioether (sulfide) groups is 1. The fourth-order valence-electron chi connectivity index (χ4n) is 2.96. The highest BCUT2D eigenvalue weighted by Crippen LogP contribution is 2.32. The van der Waals surface area contributed by atoms with Crippen LogP contribution >= 0.6 is 23.4 Å². The molecule has 2 aromatic rings. The molecule has 1 aromatic carbocycles. The van der Waals surface area contributed by atoms with Crippen molar-refractivity contribution in [3.05, 3.63) is 51.6 Å². The predicted molar refractivity (Wildman–Crippen MR) is 107 cm³/mol. The third-order valence-electron chi connectivity index (χ3n) is 4.42. The van der Waals surface area contributed by atoms with Crippen LogP contribution in [-0.4, -0.2) is 24.2 Å². The Bertz CT molecular complexity index is 913. The van der Waals surface area contributed by atoms with E-state index < -0.39 is 0 Å². The van der Waals surface area contributed by atoms with Crippen molar-refractivity contribution < 1.29 is 9.21 Å². The molecule has 2 aliphatic rings. The van der Waals surface area contributed by atoms with Crippen molar-refractivity contribution in [2.75, 3.05) is 18.0 Å². The van der Waals surface area contributed by atoms with E-state index >= 15 is 0 Å². The number of hydrogen-bond acceptors (Lipinski definition) is 5. The van der Waals surface area contributed by atoms with Gasteiger partial charge in [-0.2, -0.15) is 0 Å². The zero-order valence-electron chi connectivity index (χ0n) is 14.3. The van der Waals surface area contributed by atoms with Gasteiger partial charge in [-0.1, -0.05) is 17.7 Å². The maximum atomic E-state index is 12.2. The lowest BCUT2D eigenvalue weighted by atomic mass is 10.2. The second kappa shape index (κ2) is 7.21. The van der Waals surface area contributed by atoms with Gasteiger partial charge in [0.1, 0.15) is 5.76 Å². The molecule has 0 spiro atoms. The first-order valence-corrected chi connectivity index (χ1v) is 9.69. The van der Waals surface area contributed by atoms with E-state index in [4.69, 9.17) is 16.0 Å². The molecule has 3 heterocycles. The number of nitrogens with zero attached hydrogens (tertiary/aromatic N) is 2. The number of carbonyl (C=O) groups excluding carboxylic acids is 1. The minimum absolute atomic E-state index is 0.174. The van der Waals surface area contributed by atoms with E-state index in [0.29, 0.717) is 20.9 Å². The largest absolute Gasteiger partial charge is 0.441 e. The molecular weight excluding hydrogens is 370 g/mol. The zero-order chi connectivity index (χ0) is 18.1. The van der Waals surface area contributed by atoms with Crippen molar-refractivity contribution in [3.63, 3.8) is 0 Å². The van der Waals surface area contributed by atoms with E-state index in [-0.39, 0.29) is 5.91 Å². The van der Waals surface area contributed by atoms with Crippen LogP contribution in [0.5, 0.6) is 0 Å². The van der Waals surface area contributed by atoms with Gasteiger partial charge in [0.2, 0.25) is 0 Å². The second-order valence-corrected chi connectivity index (χ2v) is 7.67. The van der Waals surface area contributed by atoms with Crippen LogP contribution < -0.4 is 10.2 Å². The minimum Gasteiger partial charge on any atom is -0.441 e. The van der Waals surface area contributed by atoms with Gasteiger partial charge in [-0.05, 0) is 55.3 Å². The Kier molecular flexibility index (Phi) is 4.78. The van der Waals surface area contributed by atoms with E-state index in [1.165, 1.54) is 24.6 Å². The Labute approximate surface area is 161 Å². The molecule has 0 unspecified atom stereocenters. The number of benzene rings is 1. The normalized spacial score (nSPS) is 20.4. The van der Waals surface area contributed by atoms with E-state index in [0.717, 1.165) is 30.2 Å². The summed E-state index contributed by atoms with van der Waals surface area (Å²) in [6.07, 6.45) is 4.14. The number of halogens is 1. The van der Waals surface area contributed by atoms with E-state index in [2.05, 4.69) is 15.2 Å². The van der Waals surface area contributed by atoms with Gasteiger partial charge in [0, 0.05) is 30.3 Å². The Balaban J connectivity index is 1.53. The van der Waals surface area contributed by atoms with Crippen LogP contribution in [0.1, 0.15) is 24.2 Å². The molecule has 1 aromatic heterocycles. The molecule has 0 bridgehead atoms. The molecule has 2 saturated heterocycles. The molecule has 2 aliphatic heterocycles. The number of rotatable bonds is 3. The second-order valence-electron chi connectivity index (χ2n) is 6.24. The molecule has 134 valence electrons. The summed E-state index contributed by atoms with van der Waals surface area (Å²) in [4.78, 5) is 19.5. The molecule has 0 atom stereocenters. The zero-order valence-corrected chi connectivity index (χ0v) is 15.9. The summed E-state index contributed by atoms with van der Waals surface area (Å²) in [5, 5.41) is 3.99. The number of amides is 1. The van der Waals surface area contributed by atoms with Crippen molar-refractivity contribution in [1.82, 2.24) is 5.32 Å². The number of aliphatic imine (C=N–C) groups is 1. The molecule has 0 saturated carbocycles. The summed E-state index contributed by atoms with van der Waals surface area (Å²) >= 11 is 7.43. The van der Waals surface area contributed by atoms with Crippen molar-refractivity contribution in [1.29, 1.82) is 0 Å². The summed E-state index contributed by atoms with van der Waals surface area (Å²) < 4.78 is 5.87. The van der Waals surface area contributed by atoms with Crippen LogP contribution in [-0.2, 0) is 4.79 Å². The summed E-state index contributed by atoms with van der Waals surface area (Å²) in [6.45, 7) is 3.95. The monoisotopic (exact) mass is 387 g/mol. The predicted octanol–water partition coefficient (Wildman–Crippen LogP) is 4.73. The van der Waals surface area contributed by atoms with E-state index in [9.17, 15) is 4.79 Å². The van der Waals surface area contributed by atoms with Gasteiger partial charge >= 0.3 is 0 Å². The summed E-state index contributed by atoms with van der Waals surface area (Å²) in [7, 11) is 0. The first-order valence-electron chi connectivity index (χ1n) is 8.49. The Morgan fingerprint density at radius 1 is 1.27 bits per heavy atom. The third-order valence-corrected chi connectivity index (χ3v) is 5.73. The van der Waals surface area contributed by atoms with Crippen LogP contribution in [0.4, 0.5) is 11.6 Å². The van der Waals surface area contributed by atoms with Crippen LogP contribution in [0.3, 0.4) is 0 Å². The molecular formula is C19H18ClN3O2S. The maximum Gasteiger partial charge on any atom is 0.264 e. The standard InChI is InChI=1S/C19H18ClN3O2S/c1-12-14(20)5-4-6-15(12)21-19-22-18(24)16(26-19)11-13-7-8-17(25-13)23-9-2-3-10-23/h4-8,11H,2-3,9-10H2,1H3,(H,21,22,24)/b16-11+. The highest BCUT2D eigenvalue weighted by molar-refractivity contribution is 8.18. The molecule has 4 rings (SSSR count). The van der Waals surface area contributed by atoms with Crippen molar-refractivity contribution in [3.8, 4) is 0 Å². The van der Waals surface area contributed by atoms with Crippen LogP contribution in [0, 0.1) is 6.92 Å². The van der Waals surface area contributed by atoms with Crippen molar-refractivity contribution in [2.24, 2.45) is 4.99 Å². The molecule has 2 fully saturated rings. The van der Waals surface area contributed by atoms with Crippen LogP contribution in [0.25, 0.3) is 6.08 Å². The van der Waals surface area contributed by atoms with Gasteiger partial charge in [0.15, 0.2) is 11.1 Å². The summed E-state index contributed by atoms with van der Waals surface area (Å²) in [5.41, 5.74) is 1.63. The first kappa shape index (κ1) is 17.2. The van der Waals surface area contributed by atoms with Crippen molar-refractivity contribution >= 4 is 52.1 Å². The van der Waals surface area contributed by atoms with Crippen LogP contribution in [0.15, 0.2) is 44.6 Å². The number of amidine groups is 1. The van der Waals surface area contributed by atoms with Gasteiger partial charge in [-0.25, -0.2) is 4.99 Å². The lowest BCUT2D eigenvalue weighted by molar-refractivity contribution is -0.115. The van der Waals surface area contributed by atoms with Crippen molar-refractivity contribution in [2.45, 2.75) is 19.8 Å². The first-order chi connectivity index (χ1) is 12.6. The number of anilines is 1. The smallest absolute Gasteiger partial charge is 0.264 e. The lowest BCUT2D eigenvalue weighted by Crippen LogP contribution is -2.19. The average molecular weight is 388 g/mol. The molecule has 7 heteroatoms. The summed E-state index contributed by atoms with van der Waals surface area (Å²) in [5.74, 6) is 1.36. The van der Waals surface area contributed by atoms with Gasteiger partial charge in [0.05, 0.1) is 10.6 Å². The van der Waals surface area contributed by atoms with E-state index in [1.54, 1.807) is 6.08 Å². The number of carbonyl (C=O) groups is 1. The molecule has 26 heavy (non-hydrogen) atoms. The Hall–Kier alpha value is -2.18. The topological polar surface area (TPSA) is 57.8 Å². The quantitative estimate of drug-likeness (QED) is 0.773. The fraction of sp³-hybridized carbons (Fsp3) is 0.263. The van der Waals surface area contributed by atoms with Gasteiger partial charge < -0.3 is 14.6 Å². The molecule has 5 nitrogen and oxygen atoms in total. The van der Waals surface area contributed by atoms with Gasteiger partial charge in [-0.3, -0.25) is 4.79 Å². The number of furan rings is 1. The highest BCUT2D eigenvalue weighted by Gasteiger charge is 2.25. The fourth-order valence-corrected chi connectivity index (χ4v) is 3.95. The SMILES string of the molecule is Cc1c(Cl)cccc1N=C1NC(=O)/C(=C\c2ccc(N3CCCC3)o2)S1. The molecule has 0 aliphatic carbocycles. The molecule has 1 N–H and O–H groups in total. The highest BCUT2D eigenvalue weighted by atomic mass is 35.5. The maximum absolute atomic E-state index is 12.2. The number of hydrogen-bond donors (Lipinski definition) is 1. The van der Waals surface area contributed by atoms with E-state index in [1.807, 2.05) is 37.3 Å². The third kappa shape index (κ3) is 3.52. The Morgan fingerprint density at radius 3 is 2.88 bits per heavy atom. The minimum atomic E-state index is -0.174. The molecule has 1 amide bonds. The van der Waals surface area contributed by atoms with Gasteiger partial charge in [0.25, 0.3) is 5.91 Å². The lowest BCUT2D eigenvalue weighted by Gasteiger charge is -2.12. The average Bonchev–Trinajstić information content (AvgIpc) is 3.34. The Morgan fingerprint density at radius 2 is 2.08 bits per heavy atom. The number of nitrogens with one attached hydrogen (secondary N) is 1. The van der Waals surface area contributed by atoms with Crippen LogP contribution in [0.2, 0.25) is 5.02 Å². The van der Waals surface area contributed by atoms with Gasteiger partial charge in [-0.15, -0.1) is 0 Å².